The van der Waals surface area contributed by atoms with E-state index in [1.54, 1.807) is 18.2 Å². The number of rotatable bonds is 8. The van der Waals surface area contributed by atoms with Crippen molar-refractivity contribution in [2.45, 2.75) is 12.5 Å². The van der Waals surface area contributed by atoms with Crippen molar-refractivity contribution in [3.8, 4) is 17.6 Å². The van der Waals surface area contributed by atoms with Crippen LogP contribution in [0.1, 0.15) is 12.0 Å². The fourth-order valence-electron chi connectivity index (χ4n) is 2.75. The molecule has 1 atom stereocenters. The molecule has 1 heterocycles. The first-order valence-corrected chi connectivity index (χ1v) is 10.6. The lowest BCUT2D eigenvalue weighted by Crippen LogP contribution is -2.40. The van der Waals surface area contributed by atoms with Crippen molar-refractivity contribution in [1.29, 1.82) is 5.26 Å². The lowest BCUT2D eigenvalue weighted by Gasteiger charge is -2.22. The van der Waals surface area contributed by atoms with Crippen LogP contribution < -0.4 is 9.47 Å². The number of amides is 1. The van der Waals surface area contributed by atoms with E-state index in [0.29, 0.717) is 23.5 Å². The molecule has 2 rings (SSSR count). The highest BCUT2D eigenvalue weighted by atomic mass is 32.2. The predicted octanol–water partition coefficient (Wildman–Crippen LogP) is 0.799. The number of carbonyl (C=O) groups is 2. The van der Waals surface area contributed by atoms with Gasteiger partial charge in [0.05, 0.1) is 18.6 Å². The van der Waals surface area contributed by atoms with Crippen LogP contribution in [-0.4, -0.2) is 70.1 Å². The molecule has 0 saturated carbocycles. The van der Waals surface area contributed by atoms with E-state index in [9.17, 15) is 18.0 Å². The Balaban J connectivity index is 1.88. The summed E-state index contributed by atoms with van der Waals surface area (Å²) in [5, 5.41) is 8.57. The summed E-state index contributed by atoms with van der Waals surface area (Å²) in [6, 6.07) is 6.36. The van der Waals surface area contributed by atoms with Gasteiger partial charge in [-0.2, -0.15) is 5.26 Å². The molecule has 0 aromatic heterocycles. The molecule has 0 aliphatic carbocycles. The monoisotopic (exact) mass is 422 g/mol. The Kier molecular flexibility index (Phi) is 7.61. The number of carbonyl (C=O) groups excluding carboxylic acids is 2. The molecule has 1 saturated heterocycles. The summed E-state index contributed by atoms with van der Waals surface area (Å²) in [6.07, 6.45) is 3.03. The number of likely N-dealkylation sites (N-methyl/N-ethyl adjacent to an activating group) is 1. The van der Waals surface area contributed by atoms with E-state index < -0.39 is 34.4 Å². The normalized spacial score (nSPS) is 17.5. The van der Waals surface area contributed by atoms with E-state index in [4.69, 9.17) is 19.5 Å². The van der Waals surface area contributed by atoms with Gasteiger partial charge < -0.3 is 19.1 Å². The minimum Gasteiger partial charge on any atom is -0.493 e. The number of nitrogens with zero attached hydrogens (tertiary/aromatic N) is 2. The SMILES string of the molecule is COc1cc(C=CC(=O)OCC(=O)N(C)C2CCS(=O)(=O)C2)ccc1OCC#N. The Bertz CT molecular complexity index is 934. The summed E-state index contributed by atoms with van der Waals surface area (Å²) < 4.78 is 38.4. The second-order valence-electron chi connectivity index (χ2n) is 6.36. The van der Waals surface area contributed by atoms with Gasteiger partial charge in [0.2, 0.25) is 0 Å². The van der Waals surface area contributed by atoms with Crippen molar-refractivity contribution >= 4 is 27.8 Å². The number of ether oxygens (including phenoxy) is 3. The maximum atomic E-state index is 12.1. The zero-order valence-corrected chi connectivity index (χ0v) is 17.0. The molecule has 1 aromatic rings. The summed E-state index contributed by atoms with van der Waals surface area (Å²) in [4.78, 5) is 25.3. The molecule has 1 aliphatic rings. The molecule has 156 valence electrons. The van der Waals surface area contributed by atoms with Gasteiger partial charge in [0, 0.05) is 19.2 Å². The zero-order valence-electron chi connectivity index (χ0n) is 16.2. The van der Waals surface area contributed by atoms with Crippen LogP contribution in [-0.2, 0) is 24.2 Å². The molecule has 0 bridgehead atoms. The summed E-state index contributed by atoms with van der Waals surface area (Å²) in [6.45, 7) is -0.590. The Morgan fingerprint density at radius 1 is 1.34 bits per heavy atom. The minimum atomic E-state index is -3.11. The first-order chi connectivity index (χ1) is 13.8. The summed E-state index contributed by atoms with van der Waals surface area (Å²) in [5.74, 6) is -0.389. The maximum absolute atomic E-state index is 12.1. The largest absolute Gasteiger partial charge is 0.493 e. The Morgan fingerprint density at radius 3 is 2.72 bits per heavy atom. The first kappa shape index (κ1) is 22.2. The molecule has 10 heteroatoms. The average molecular weight is 422 g/mol. The van der Waals surface area contributed by atoms with Crippen molar-refractivity contribution < 1.29 is 32.2 Å². The average Bonchev–Trinajstić information content (AvgIpc) is 3.08. The molecule has 1 fully saturated rings. The molecule has 1 aliphatic heterocycles. The Labute approximate surface area is 169 Å². The highest BCUT2D eigenvalue weighted by Crippen LogP contribution is 2.28. The first-order valence-electron chi connectivity index (χ1n) is 8.74. The number of nitriles is 1. The predicted molar refractivity (Wildman–Crippen MR) is 104 cm³/mol. The summed E-state index contributed by atoms with van der Waals surface area (Å²) >= 11 is 0. The van der Waals surface area contributed by atoms with Crippen LogP contribution in [0.25, 0.3) is 6.08 Å². The van der Waals surface area contributed by atoms with Crippen LogP contribution in [0.5, 0.6) is 11.5 Å². The third-order valence-electron chi connectivity index (χ3n) is 4.38. The number of hydrogen-bond donors (Lipinski definition) is 0. The smallest absolute Gasteiger partial charge is 0.331 e. The molecule has 1 unspecified atom stereocenters. The topological polar surface area (TPSA) is 123 Å². The van der Waals surface area contributed by atoms with E-state index in [-0.39, 0.29) is 18.1 Å². The van der Waals surface area contributed by atoms with Gasteiger partial charge in [-0.05, 0) is 30.2 Å². The highest BCUT2D eigenvalue weighted by molar-refractivity contribution is 7.91. The second-order valence-corrected chi connectivity index (χ2v) is 8.59. The molecular weight excluding hydrogens is 400 g/mol. The van der Waals surface area contributed by atoms with Crippen molar-refractivity contribution in [1.82, 2.24) is 4.90 Å². The second kappa shape index (κ2) is 9.93. The minimum absolute atomic E-state index is 0.0572. The van der Waals surface area contributed by atoms with Crippen molar-refractivity contribution in [2.75, 3.05) is 38.9 Å². The lowest BCUT2D eigenvalue weighted by atomic mass is 10.2. The molecule has 29 heavy (non-hydrogen) atoms. The third kappa shape index (κ3) is 6.50. The number of sulfone groups is 1. The van der Waals surface area contributed by atoms with Crippen LogP contribution in [0.15, 0.2) is 24.3 Å². The standard InChI is InChI=1S/C19H22N2O7S/c1-21(15-7-10-29(24,25)13-15)18(22)12-28-19(23)6-4-14-3-5-16(27-9-8-20)17(11-14)26-2/h3-6,11,15H,7,9-10,12-13H2,1-2H3. The van der Waals surface area contributed by atoms with Gasteiger partial charge in [-0.3, -0.25) is 4.79 Å². The fourth-order valence-corrected chi connectivity index (χ4v) is 4.52. The number of hydrogen-bond acceptors (Lipinski definition) is 8. The molecule has 0 N–H and O–H groups in total. The molecule has 1 aromatic carbocycles. The molecule has 0 spiro atoms. The fraction of sp³-hybridized carbons (Fsp3) is 0.421. The highest BCUT2D eigenvalue weighted by Gasteiger charge is 2.32. The van der Waals surface area contributed by atoms with Crippen LogP contribution in [0.3, 0.4) is 0 Å². The van der Waals surface area contributed by atoms with Gasteiger partial charge in [-0.1, -0.05) is 6.07 Å². The van der Waals surface area contributed by atoms with Crippen LogP contribution in [0, 0.1) is 11.3 Å². The van der Waals surface area contributed by atoms with Gasteiger partial charge in [-0.15, -0.1) is 0 Å². The van der Waals surface area contributed by atoms with E-state index in [1.807, 2.05) is 6.07 Å². The molecule has 0 radical (unpaired) electrons. The number of benzene rings is 1. The van der Waals surface area contributed by atoms with Gasteiger partial charge in [0.1, 0.15) is 6.07 Å². The summed E-state index contributed by atoms with van der Waals surface area (Å²) in [7, 11) is -0.154. The van der Waals surface area contributed by atoms with E-state index in [1.165, 1.54) is 25.1 Å². The van der Waals surface area contributed by atoms with Crippen LogP contribution in [0.2, 0.25) is 0 Å². The van der Waals surface area contributed by atoms with Gasteiger partial charge in [0.15, 0.2) is 34.6 Å². The number of methoxy groups -OCH3 is 1. The Hall–Kier alpha value is -3.06. The van der Waals surface area contributed by atoms with Crippen molar-refractivity contribution in [2.24, 2.45) is 0 Å². The van der Waals surface area contributed by atoms with E-state index in [2.05, 4.69) is 0 Å². The van der Waals surface area contributed by atoms with Gasteiger partial charge >= 0.3 is 5.97 Å². The van der Waals surface area contributed by atoms with Crippen LogP contribution in [0.4, 0.5) is 0 Å². The molecular formula is C19H22N2O7S. The van der Waals surface area contributed by atoms with Crippen molar-refractivity contribution in [3.63, 3.8) is 0 Å². The molecule has 9 nitrogen and oxygen atoms in total. The van der Waals surface area contributed by atoms with Crippen molar-refractivity contribution in [3.05, 3.63) is 29.8 Å². The quantitative estimate of drug-likeness (QED) is 0.445. The Morgan fingerprint density at radius 2 is 2.10 bits per heavy atom. The maximum Gasteiger partial charge on any atom is 0.331 e. The van der Waals surface area contributed by atoms with E-state index >= 15 is 0 Å². The zero-order chi connectivity index (χ0) is 21.4. The lowest BCUT2D eigenvalue weighted by molar-refractivity contribution is -0.148. The number of esters is 1. The third-order valence-corrected chi connectivity index (χ3v) is 6.13. The van der Waals surface area contributed by atoms with Crippen LogP contribution >= 0.6 is 0 Å². The summed E-state index contributed by atoms with van der Waals surface area (Å²) in [5.41, 5.74) is 0.628. The van der Waals surface area contributed by atoms with E-state index in [0.717, 1.165) is 6.08 Å². The van der Waals surface area contributed by atoms with Gasteiger partial charge in [0.25, 0.3) is 5.91 Å². The van der Waals surface area contributed by atoms with Gasteiger partial charge in [-0.25, -0.2) is 13.2 Å². The molecule has 1 amide bonds.